The highest BCUT2D eigenvalue weighted by atomic mass is 16.7. The molecule has 4 nitrogen and oxygen atoms in total. The zero-order valence-corrected chi connectivity index (χ0v) is 8.43. The van der Waals surface area contributed by atoms with Gasteiger partial charge in [0.2, 0.25) is 0 Å². The Morgan fingerprint density at radius 1 is 1.33 bits per heavy atom. The van der Waals surface area contributed by atoms with Gasteiger partial charge in [0.15, 0.2) is 0 Å². The molecule has 4 heteroatoms. The number of hydrogen-bond acceptors (Lipinski definition) is 2. The second-order valence-corrected chi connectivity index (χ2v) is 2.78. The van der Waals surface area contributed by atoms with Crippen molar-refractivity contribution in [1.82, 2.24) is 4.98 Å². The topological polar surface area (TPSA) is 62.3 Å². The second kappa shape index (κ2) is 5.70. The van der Waals surface area contributed by atoms with E-state index in [1.165, 1.54) is 10.8 Å². The van der Waals surface area contributed by atoms with Crippen LogP contribution in [0.25, 0.3) is 10.8 Å². The van der Waals surface area contributed by atoms with E-state index >= 15 is 0 Å². The molecule has 0 aliphatic rings. The summed E-state index contributed by atoms with van der Waals surface area (Å²) < 4.78 is 3.96. The van der Waals surface area contributed by atoms with Crippen molar-refractivity contribution in [3.8, 4) is 0 Å². The Labute approximate surface area is 87.5 Å². The van der Waals surface area contributed by atoms with Gasteiger partial charge in [-0.1, -0.05) is 24.3 Å². The molecule has 2 aromatic rings. The van der Waals surface area contributed by atoms with Crippen molar-refractivity contribution in [2.75, 3.05) is 6.61 Å². The molecule has 1 aromatic heterocycles. The fraction of sp³-hybridized carbons (Fsp3) is 0.182. The molecule has 0 fully saturated rings. The minimum atomic E-state index is -1.21. The lowest BCUT2D eigenvalue weighted by Gasteiger charge is -1.87. The van der Waals surface area contributed by atoms with Gasteiger partial charge < -0.3 is 14.8 Å². The van der Waals surface area contributed by atoms with Gasteiger partial charge in [-0.2, -0.15) is 0 Å². The van der Waals surface area contributed by atoms with Gasteiger partial charge in [-0.3, -0.25) is 0 Å². The first-order valence-corrected chi connectivity index (χ1v) is 4.61. The molecule has 0 bridgehead atoms. The third kappa shape index (κ3) is 3.72. The SMILES string of the molecule is CCOC(=O)O.c1ccc2c[nH]cc2c1. The predicted molar refractivity (Wildman–Crippen MR) is 57.9 cm³/mol. The number of nitrogens with one attached hydrogen (secondary N) is 1. The summed E-state index contributed by atoms with van der Waals surface area (Å²) >= 11 is 0. The van der Waals surface area contributed by atoms with Gasteiger partial charge >= 0.3 is 6.16 Å². The quantitative estimate of drug-likeness (QED) is 0.707. The summed E-state index contributed by atoms with van der Waals surface area (Å²) in [6.07, 6.45) is 2.78. The predicted octanol–water partition coefficient (Wildman–Crippen LogP) is 2.87. The number of carboxylic acid groups (broad SMARTS) is 1. The fourth-order valence-corrected chi connectivity index (χ4v) is 1.12. The second-order valence-electron chi connectivity index (χ2n) is 2.78. The summed E-state index contributed by atoms with van der Waals surface area (Å²) in [5, 5.41) is 10.2. The van der Waals surface area contributed by atoms with Crippen LogP contribution in [0.5, 0.6) is 0 Å². The van der Waals surface area contributed by atoms with E-state index in [1.807, 2.05) is 24.5 Å². The number of carbonyl (C=O) groups is 1. The number of rotatable bonds is 1. The number of fused-ring (bicyclic) bond motifs is 1. The van der Waals surface area contributed by atoms with Crippen LogP contribution in [0.3, 0.4) is 0 Å². The Morgan fingerprint density at radius 3 is 2.20 bits per heavy atom. The van der Waals surface area contributed by atoms with E-state index in [0.717, 1.165) is 0 Å². The van der Waals surface area contributed by atoms with Gasteiger partial charge in [-0.05, 0) is 17.7 Å². The molecular formula is C11H13NO3. The molecule has 0 amide bonds. The van der Waals surface area contributed by atoms with Gasteiger partial charge in [-0.25, -0.2) is 4.79 Å². The Bertz CT molecular complexity index is 392. The van der Waals surface area contributed by atoms with Crippen molar-refractivity contribution < 1.29 is 14.6 Å². The fourth-order valence-electron chi connectivity index (χ4n) is 1.12. The maximum Gasteiger partial charge on any atom is 0.505 e. The molecule has 0 spiro atoms. The molecule has 1 aromatic carbocycles. The summed E-state index contributed by atoms with van der Waals surface area (Å²) in [7, 11) is 0. The molecule has 2 rings (SSSR count). The average Bonchev–Trinajstić information content (AvgIpc) is 2.65. The van der Waals surface area contributed by atoms with E-state index in [4.69, 9.17) is 5.11 Å². The normalized spacial score (nSPS) is 9.13. The molecule has 80 valence electrons. The van der Waals surface area contributed by atoms with E-state index < -0.39 is 6.16 Å². The molecule has 0 radical (unpaired) electrons. The number of aromatic nitrogens is 1. The summed E-state index contributed by atoms with van der Waals surface area (Å²) in [6.45, 7) is 1.85. The zero-order chi connectivity index (χ0) is 11.1. The van der Waals surface area contributed by atoms with Crippen LogP contribution in [0.15, 0.2) is 36.7 Å². The molecule has 0 atom stereocenters. The summed E-state index contributed by atoms with van der Waals surface area (Å²) in [5.41, 5.74) is 0. The van der Waals surface area contributed by atoms with Crippen LogP contribution in [-0.4, -0.2) is 22.9 Å². The molecule has 0 aliphatic heterocycles. The first-order chi connectivity index (χ1) is 7.24. The van der Waals surface area contributed by atoms with E-state index in [2.05, 4.69) is 21.9 Å². The van der Waals surface area contributed by atoms with E-state index in [1.54, 1.807) is 6.92 Å². The lowest BCUT2D eigenvalue weighted by Crippen LogP contribution is -1.97. The van der Waals surface area contributed by atoms with Gasteiger partial charge in [0.05, 0.1) is 6.61 Å². The number of ether oxygens (including phenoxy) is 1. The highest BCUT2D eigenvalue weighted by Crippen LogP contribution is 2.10. The van der Waals surface area contributed by atoms with Gasteiger partial charge in [0.25, 0.3) is 0 Å². The summed E-state index contributed by atoms with van der Waals surface area (Å²) in [5.74, 6) is 0. The Morgan fingerprint density at radius 2 is 1.87 bits per heavy atom. The molecule has 0 saturated heterocycles. The van der Waals surface area contributed by atoms with Crippen molar-refractivity contribution >= 4 is 16.9 Å². The minimum absolute atomic E-state index is 0.231. The van der Waals surface area contributed by atoms with Crippen molar-refractivity contribution in [1.29, 1.82) is 0 Å². The number of aromatic amines is 1. The monoisotopic (exact) mass is 207 g/mol. The highest BCUT2D eigenvalue weighted by Gasteiger charge is 1.87. The number of benzene rings is 1. The highest BCUT2D eigenvalue weighted by molar-refractivity contribution is 5.81. The summed E-state index contributed by atoms with van der Waals surface area (Å²) in [4.78, 5) is 12.4. The van der Waals surface area contributed by atoms with Crippen molar-refractivity contribution in [3.63, 3.8) is 0 Å². The lowest BCUT2D eigenvalue weighted by atomic mass is 10.2. The van der Waals surface area contributed by atoms with Crippen LogP contribution in [-0.2, 0) is 4.74 Å². The molecule has 1 heterocycles. The van der Waals surface area contributed by atoms with Gasteiger partial charge in [0, 0.05) is 12.4 Å². The molecule has 0 unspecified atom stereocenters. The maximum atomic E-state index is 9.38. The van der Waals surface area contributed by atoms with Gasteiger partial charge in [-0.15, -0.1) is 0 Å². The molecule has 0 saturated carbocycles. The van der Waals surface area contributed by atoms with E-state index in [0.29, 0.717) is 0 Å². The molecule has 0 aliphatic carbocycles. The van der Waals surface area contributed by atoms with E-state index in [9.17, 15) is 4.79 Å². The average molecular weight is 207 g/mol. The van der Waals surface area contributed by atoms with Crippen LogP contribution in [0, 0.1) is 0 Å². The standard InChI is InChI=1S/C8H7N.C3H6O3/c1-2-4-8-6-9-5-7(8)3-1;1-2-6-3(4)5/h1-6,9H;2H2,1H3,(H,4,5). The zero-order valence-electron chi connectivity index (χ0n) is 8.43. The van der Waals surface area contributed by atoms with Crippen LogP contribution < -0.4 is 0 Å². The maximum absolute atomic E-state index is 9.38. The lowest BCUT2D eigenvalue weighted by molar-refractivity contribution is 0.0966. The Balaban J connectivity index is 0.000000167. The first-order valence-electron chi connectivity index (χ1n) is 4.61. The Kier molecular flexibility index (Phi) is 4.22. The smallest absolute Gasteiger partial charge is 0.450 e. The minimum Gasteiger partial charge on any atom is -0.450 e. The van der Waals surface area contributed by atoms with Crippen LogP contribution in [0.4, 0.5) is 4.79 Å². The largest absolute Gasteiger partial charge is 0.505 e. The first kappa shape index (κ1) is 11.1. The molecule has 15 heavy (non-hydrogen) atoms. The number of H-pyrrole nitrogens is 1. The van der Waals surface area contributed by atoms with Crippen molar-refractivity contribution in [2.45, 2.75) is 6.92 Å². The third-order valence-corrected chi connectivity index (χ3v) is 1.74. The number of hydrogen-bond donors (Lipinski definition) is 2. The summed E-state index contributed by atoms with van der Waals surface area (Å²) in [6, 6.07) is 8.25. The molecular weight excluding hydrogens is 194 g/mol. The van der Waals surface area contributed by atoms with Crippen molar-refractivity contribution in [3.05, 3.63) is 36.7 Å². The van der Waals surface area contributed by atoms with Crippen LogP contribution in [0.2, 0.25) is 0 Å². The molecule has 2 N–H and O–H groups in total. The van der Waals surface area contributed by atoms with Gasteiger partial charge in [0.1, 0.15) is 0 Å². The van der Waals surface area contributed by atoms with Crippen LogP contribution >= 0.6 is 0 Å². The third-order valence-electron chi connectivity index (χ3n) is 1.74. The van der Waals surface area contributed by atoms with Crippen molar-refractivity contribution in [2.24, 2.45) is 0 Å². The Hall–Kier alpha value is -1.97. The van der Waals surface area contributed by atoms with E-state index in [-0.39, 0.29) is 6.61 Å². The van der Waals surface area contributed by atoms with Crippen LogP contribution in [0.1, 0.15) is 6.92 Å².